The van der Waals surface area contributed by atoms with E-state index >= 15 is 0 Å². The Morgan fingerprint density at radius 2 is 2.05 bits per heavy atom. The zero-order chi connectivity index (χ0) is 13.8. The summed E-state index contributed by atoms with van der Waals surface area (Å²) in [5, 5.41) is 0. The van der Waals surface area contributed by atoms with Crippen molar-refractivity contribution >= 4 is 5.69 Å². The lowest BCUT2D eigenvalue weighted by molar-refractivity contribution is 0.169. The second kappa shape index (κ2) is 6.59. The second-order valence-corrected chi connectivity index (χ2v) is 6.16. The van der Waals surface area contributed by atoms with Gasteiger partial charge in [-0.2, -0.15) is 0 Å². The lowest BCUT2D eigenvalue weighted by Crippen LogP contribution is -2.34. The van der Waals surface area contributed by atoms with E-state index < -0.39 is 0 Å². The molecule has 0 unspecified atom stereocenters. The maximum absolute atomic E-state index is 5.50. The van der Waals surface area contributed by atoms with Gasteiger partial charge in [0, 0.05) is 38.5 Å². The van der Waals surface area contributed by atoms with E-state index in [2.05, 4.69) is 41.0 Å². The summed E-state index contributed by atoms with van der Waals surface area (Å²) in [6.45, 7) is 10.1. The van der Waals surface area contributed by atoms with Crippen molar-refractivity contribution < 1.29 is 4.74 Å². The lowest BCUT2D eigenvalue weighted by atomic mass is 10.1. The predicted molar refractivity (Wildman–Crippen MR) is 83.4 cm³/mol. The van der Waals surface area contributed by atoms with Crippen LogP contribution in [0.4, 0.5) is 5.69 Å². The molecule has 2 aliphatic rings. The molecule has 1 aromatic rings. The number of hydrogen-bond donors (Lipinski definition) is 0. The van der Waals surface area contributed by atoms with Crippen molar-refractivity contribution in [1.82, 2.24) is 4.90 Å². The number of nitrogens with zero attached hydrogens (tertiary/aromatic N) is 2. The van der Waals surface area contributed by atoms with Crippen molar-refractivity contribution in [3.63, 3.8) is 0 Å². The van der Waals surface area contributed by atoms with Crippen molar-refractivity contribution in [3.8, 4) is 0 Å². The molecule has 0 amide bonds. The molecule has 1 aromatic carbocycles. The van der Waals surface area contributed by atoms with Gasteiger partial charge in [0.2, 0.25) is 0 Å². The Bertz CT molecular complexity index is 429. The van der Waals surface area contributed by atoms with Crippen molar-refractivity contribution in [1.29, 1.82) is 0 Å². The first-order valence-electron chi connectivity index (χ1n) is 7.93. The zero-order valence-electron chi connectivity index (χ0n) is 12.6. The molecule has 110 valence electrons. The number of aryl methyl sites for hydroxylation is 1. The molecular weight excluding hydrogens is 248 g/mol. The van der Waals surface area contributed by atoms with Crippen LogP contribution in [0.25, 0.3) is 0 Å². The topological polar surface area (TPSA) is 15.7 Å². The normalized spacial score (nSPS) is 24.9. The number of para-hydroxylation sites is 1. The minimum atomic E-state index is 0.764. The van der Waals surface area contributed by atoms with Gasteiger partial charge < -0.3 is 14.5 Å². The monoisotopic (exact) mass is 274 g/mol. The molecule has 1 atom stereocenters. The summed E-state index contributed by atoms with van der Waals surface area (Å²) in [5.74, 6) is 0.764. The van der Waals surface area contributed by atoms with Crippen LogP contribution >= 0.6 is 0 Å². The molecule has 3 heteroatoms. The molecule has 0 aliphatic carbocycles. The highest BCUT2D eigenvalue weighted by atomic mass is 16.5. The van der Waals surface area contributed by atoms with Crippen molar-refractivity contribution in [2.75, 3.05) is 50.8 Å². The third-order valence-electron chi connectivity index (χ3n) is 4.59. The molecule has 3 nitrogen and oxygen atoms in total. The number of anilines is 1. The Morgan fingerprint density at radius 1 is 1.15 bits per heavy atom. The van der Waals surface area contributed by atoms with E-state index in [1.807, 2.05) is 0 Å². The highest BCUT2D eigenvalue weighted by Gasteiger charge is 2.21. The van der Waals surface area contributed by atoms with E-state index in [0.29, 0.717) is 0 Å². The molecule has 2 aliphatic heterocycles. The first-order valence-corrected chi connectivity index (χ1v) is 7.93. The first kappa shape index (κ1) is 13.9. The van der Waals surface area contributed by atoms with Gasteiger partial charge in [0.05, 0.1) is 6.61 Å². The maximum Gasteiger partial charge on any atom is 0.0507 e. The van der Waals surface area contributed by atoms with Crippen molar-refractivity contribution in [3.05, 3.63) is 29.8 Å². The smallest absolute Gasteiger partial charge is 0.0507 e. The molecular formula is C17H26N2O. The molecule has 2 heterocycles. The zero-order valence-corrected chi connectivity index (χ0v) is 12.6. The van der Waals surface area contributed by atoms with Gasteiger partial charge in [0.15, 0.2) is 0 Å². The number of ether oxygens (including phenoxy) is 1. The fraction of sp³-hybridized carbons (Fsp3) is 0.647. The Kier molecular flexibility index (Phi) is 4.58. The van der Waals surface area contributed by atoms with Crippen molar-refractivity contribution in [2.24, 2.45) is 5.92 Å². The minimum Gasteiger partial charge on any atom is -0.381 e. The third-order valence-corrected chi connectivity index (χ3v) is 4.59. The fourth-order valence-electron chi connectivity index (χ4n) is 3.41. The van der Waals surface area contributed by atoms with Gasteiger partial charge in [-0.15, -0.1) is 0 Å². The summed E-state index contributed by atoms with van der Waals surface area (Å²) >= 11 is 0. The standard InChI is InChI=1S/C17H26N2O/c1-15-5-2-3-6-17(15)19-9-4-8-18(10-11-19)13-16-7-12-20-14-16/h2-3,5-6,16H,4,7-14H2,1H3/t16-/m0/s1. The van der Waals surface area contributed by atoms with Crippen LogP contribution in [-0.4, -0.2) is 50.8 Å². The largest absolute Gasteiger partial charge is 0.381 e. The fourth-order valence-corrected chi connectivity index (χ4v) is 3.41. The molecule has 0 spiro atoms. The molecule has 2 fully saturated rings. The molecule has 20 heavy (non-hydrogen) atoms. The Balaban J connectivity index is 1.57. The van der Waals surface area contributed by atoms with Crippen molar-refractivity contribution in [2.45, 2.75) is 19.8 Å². The average molecular weight is 274 g/mol. The van der Waals surface area contributed by atoms with E-state index in [9.17, 15) is 0 Å². The molecule has 0 N–H and O–H groups in total. The van der Waals surface area contributed by atoms with Gasteiger partial charge in [-0.3, -0.25) is 0 Å². The number of rotatable bonds is 3. The summed E-state index contributed by atoms with van der Waals surface area (Å²) in [7, 11) is 0. The summed E-state index contributed by atoms with van der Waals surface area (Å²) < 4.78 is 5.50. The van der Waals surface area contributed by atoms with Crippen LogP contribution in [-0.2, 0) is 4.74 Å². The van der Waals surface area contributed by atoms with Gasteiger partial charge in [0.1, 0.15) is 0 Å². The molecule has 0 radical (unpaired) electrons. The lowest BCUT2D eigenvalue weighted by Gasteiger charge is -2.26. The van der Waals surface area contributed by atoms with Crippen LogP contribution in [0.2, 0.25) is 0 Å². The van der Waals surface area contributed by atoms with Crippen LogP contribution < -0.4 is 4.90 Å². The van der Waals surface area contributed by atoms with E-state index in [1.165, 1.54) is 50.3 Å². The van der Waals surface area contributed by atoms with Crippen LogP contribution in [0.15, 0.2) is 24.3 Å². The van der Waals surface area contributed by atoms with E-state index in [-0.39, 0.29) is 0 Å². The van der Waals surface area contributed by atoms with Gasteiger partial charge in [0.25, 0.3) is 0 Å². The van der Waals surface area contributed by atoms with Gasteiger partial charge >= 0.3 is 0 Å². The van der Waals surface area contributed by atoms with Crippen LogP contribution in [0.5, 0.6) is 0 Å². The highest BCUT2D eigenvalue weighted by molar-refractivity contribution is 5.53. The minimum absolute atomic E-state index is 0.764. The second-order valence-electron chi connectivity index (χ2n) is 6.16. The van der Waals surface area contributed by atoms with E-state index in [1.54, 1.807) is 0 Å². The number of hydrogen-bond acceptors (Lipinski definition) is 3. The highest BCUT2D eigenvalue weighted by Crippen LogP contribution is 2.21. The molecule has 0 saturated carbocycles. The summed E-state index contributed by atoms with van der Waals surface area (Å²) in [4.78, 5) is 5.19. The molecule has 0 bridgehead atoms. The quantitative estimate of drug-likeness (QED) is 0.842. The third kappa shape index (κ3) is 3.33. The summed E-state index contributed by atoms with van der Waals surface area (Å²) in [6.07, 6.45) is 2.51. The Labute approximate surface area is 122 Å². The summed E-state index contributed by atoms with van der Waals surface area (Å²) in [5.41, 5.74) is 2.81. The van der Waals surface area contributed by atoms with Gasteiger partial charge in [-0.25, -0.2) is 0 Å². The van der Waals surface area contributed by atoms with E-state index in [0.717, 1.165) is 25.7 Å². The molecule has 2 saturated heterocycles. The maximum atomic E-state index is 5.50. The first-order chi connectivity index (χ1) is 9.83. The molecule has 3 rings (SSSR count). The van der Waals surface area contributed by atoms with Crippen LogP contribution in [0.3, 0.4) is 0 Å². The number of benzene rings is 1. The Morgan fingerprint density at radius 3 is 2.85 bits per heavy atom. The Hall–Kier alpha value is -1.06. The SMILES string of the molecule is Cc1ccccc1N1CCCN(C[C@@H]2CCOC2)CC1. The summed E-state index contributed by atoms with van der Waals surface area (Å²) in [6, 6.07) is 8.76. The average Bonchev–Trinajstić information content (AvgIpc) is 2.85. The van der Waals surface area contributed by atoms with Gasteiger partial charge in [-0.1, -0.05) is 18.2 Å². The predicted octanol–water partition coefficient (Wildman–Crippen LogP) is 2.54. The van der Waals surface area contributed by atoms with Gasteiger partial charge in [-0.05, 0) is 43.9 Å². The molecule has 0 aromatic heterocycles. The van der Waals surface area contributed by atoms with Crippen LogP contribution in [0.1, 0.15) is 18.4 Å². The van der Waals surface area contributed by atoms with Crippen LogP contribution in [0, 0.1) is 12.8 Å². The van der Waals surface area contributed by atoms with E-state index in [4.69, 9.17) is 4.74 Å².